The van der Waals surface area contributed by atoms with Gasteiger partial charge in [0.05, 0.1) is 24.2 Å². The monoisotopic (exact) mass is 389 g/mol. The third kappa shape index (κ3) is 5.10. The van der Waals surface area contributed by atoms with E-state index in [0.29, 0.717) is 30.1 Å². The van der Waals surface area contributed by atoms with Crippen molar-refractivity contribution in [3.8, 4) is 0 Å². The third-order valence-corrected chi connectivity index (χ3v) is 4.70. The molecule has 27 heavy (non-hydrogen) atoms. The number of hydrazine groups is 1. The number of piperidine rings is 1. The fourth-order valence-electron chi connectivity index (χ4n) is 3.01. The van der Waals surface area contributed by atoms with Crippen molar-refractivity contribution in [1.29, 1.82) is 0 Å². The van der Waals surface area contributed by atoms with Gasteiger partial charge in [-0.2, -0.15) is 0 Å². The summed E-state index contributed by atoms with van der Waals surface area (Å²) in [4.78, 5) is 38.3. The summed E-state index contributed by atoms with van der Waals surface area (Å²) in [5.74, 6) is -1.16. The van der Waals surface area contributed by atoms with Gasteiger partial charge in [0.25, 0.3) is 5.91 Å². The van der Waals surface area contributed by atoms with Crippen molar-refractivity contribution >= 4 is 29.3 Å². The maximum absolute atomic E-state index is 12.4. The van der Waals surface area contributed by atoms with Gasteiger partial charge in [-0.25, -0.2) is 0 Å². The highest BCUT2D eigenvalue weighted by molar-refractivity contribution is 6.30. The maximum Gasteiger partial charge on any atom is 0.257 e. The van der Waals surface area contributed by atoms with Gasteiger partial charge >= 0.3 is 0 Å². The van der Waals surface area contributed by atoms with Crippen LogP contribution in [0.25, 0.3) is 0 Å². The second-order valence-corrected chi connectivity index (χ2v) is 6.88. The summed E-state index contributed by atoms with van der Waals surface area (Å²) in [5, 5.41) is 0.597. The zero-order valence-corrected chi connectivity index (χ0v) is 15.4. The van der Waals surface area contributed by atoms with Gasteiger partial charge in [-0.15, -0.1) is 0 Å². The van der Waals surface area contributed by atoms with E-state index in [1.165, 1.54) is 12.5 Å². The van der Waals surface area contributed by atoms with E-state index in [4.69, 9.17) is 16.0 Å². The summed E-state index contributed by atoms with van der Waals surface area (Å²) in [6.07, 6.45) is 4.35. The quantitative estimate of drug-likeness (QED) is 0.784. The average Bonchev–Trinajstić information content (AvgIpc) is 3.22. The fourth-order valence-corrected chi connectivity index (χ4v) is 3.14. The number of carbonyl (C=O) groups excluding carboxylic acids is 3. The van der Waals surface area contributed by atoms with Crippen LogP contribution in [0, 0.1) is 5.92 Å². The molecule has 142 valence electrons. The number of carbonyl (C=O) groups is 3. The smallest absolute Gasteiger partial charge is 0.257 e. The predicted octanol–water partition coefficient (Wildman–Crippen LogP) is 2.18. The van der Waals surface area contributed by atoms with Crippen LogP contribution in [0.5, 0.6) is 0 Å². The van der Waals surface area contributed by atoms with E-state index in [-0.39, 0.29) is 30.1 Å². The number of hydrogen-bond acceptors (Lipinski definition) is 4. The molecule has 0 spiro atoms. The third-order valence-electron chi connectivity index (χ3n) is 4.45. The standard InChI is InChI=1S/C19H20ClN3O4/c20-16-5-3-13(4-6-16)10-17(24)21-22-18(25)14-2-1-8-23(11-14)19(26)15-7-9-27-12-15/h3-7,9,12,14H,1-2,8,10-11H2,(H,21,24)(H,22,25)/t14-/m0/s1. The number of halogens is 1. The predicted molar refractivity (Wildman–Crippen MR) is 98.8 cm³/mol. The lowest BCUT2D eigenvalue weighted by Gasteiger charge is -2.31. The second-order valence-electron chi connectivity index (χ2n) is 6.44. The van der Waals surface area contributed by atoms with Crippen molar-refractivity contribution in [3.63, 3.8) is 0 Å². The Morgan fingerprint density at radius 3 is 2.63 bits per heavy atom. The first-order valence-electron chi connectivity index (χ1n) is 8.67. The molecule has 1 aliphatic rings. The van der Waals surface area contributed by atoms with Crippen molar-refractivity contribution < 1.29 is 18.8 Å². The molecule has 1 aliphatic heterocycles. The van der Waals surface area contributed by atoms with Gasteiger partial charge in [0.2, 0.25) is 11.8 Å². The van der Waals surface area contributed by atoms with E-state index >= 15 is 0 Å². The Hall–Kier alpha value is -2.80. The van der Waals surface area contributed by atoms with Crippen LogP contribution in [0.15, 0.2) is 47.3 Å². The Bertz CT molecular complexity index is 805. The van der Waals surface area contributed by atoms with Gasteiger partial charge in [0.1, 0.15) is 6.26 Å². The molecule has 1 saturated heterocycles. The number of rotatable bonds is 4. The number of nitrogens with zero attached hydrogens (tertiary/aromatic N) is 1. The largest absolute Gasteiger partial charge is 0.472 e. The molecule has 2 N–H and O–H groups in total. The number of benzene rings is 1. The molecule has 1 fully saturated rings. The van der Waals surface area contributed by atoms with Gasteiger partial charge < -0.3 is 9.32 Å². The van der Waals surface area contributed by atoms with Crippen molar-refractivity contribution in [1.82, 2.24) is 15.8 Å². The van der Waals surface area contributed by atoms with Crippen LogP contribution in [0.1, 0.15) is 28.8 Å². The van der Waals surface area contributed by atoms with Gasteiger partial charge in [0, 0.05) is 18.1 Å². The summed E-state index contributed by atoms with van der Waals surface area (Å²) < 4.78 is 4.94. The van der Waals surface area contributed by atoms with E-state index in [0.717, 1.165) is 12.0 Å². The van der Waals surface area contributed by atoms with Gasteiger partial charge in [-0.1, -0.05) is 23.7 Å². The summed E-state index contributed by atoms with van der Waals surface area (Å²) in [5.41, 5.74) is 6.14. The van der Waals surface area contributed by atoms with E-state index in [9.17, 15) is 14.4 Å². The van der Waals surface area contributed by atoms with Crippen molar-refractivity contribution in [2.45, 2.75) is 19.3 Å². The molecule has 8 heteroatoms. The van der Waals surface area contributed by atoms with Crippen molar-refractivity contribution in [3.05, 3.63) is 59.0 Å². The van der Waals surface area contributed by atoms with Crippen LogP contribution in [0.2, 0.25) is 5.02 Å². The lowest BCUT2D eigenvalue weighted by Crippen LogP contribution is -2.50. The molecule has 0 saturated carbocycles. The molecular formula is C19H20ClN3O4. The molecule has 1 aromatic heterocycles. The Morgan fingerprint density at radius 1 is 1.15 bits per heavy atom. The molecule has 2 heterocycles. The molecule has 0 bridgehead atoms. The maximum atomic E-state index is 12.4. The minimum atomic E-state index is -0.370. The van der Waals surface area contributed by atoms with E-state index < -0.39 is 0 Å². The fraction of sp³-hybridized carbons (Fsp3) is 0.316. The first-order chi connectivity index (χ1) is 13.0. The van der Waals surface area contributed by atoms with Gasteiger partial charge in [-0.05, 0) is 36.6 Å². The summed E-state index contributed by atoms with van der Waals surface area (Å²) >= 11 is 5.81. The summed E-state index contributed by atoms with van der Waals surface area (Å²) in [6, 6.07) is 8.52. The van der Waals surface area contributed by atoms with E-state index in [1.807, 2.05) is 0 Å². The molecular weight excluding hydrogens is 370 g/mol. The van der Waals surface area contributed by atoms with Crippen LogP contribution in [-0.4, -0.2) is 35.7 Å². The van der Waals surface area contributed by atoms with Crippen LogP contribution in [-0.2, 0) is 16.0 Å². The number of hydrogen-bond donors (Lipinski definition) is 2. The molecule has 2 aromatic rings. The summed E-state index contributed by atoms with van der Waals surface area (Å²) in [6.45, 7) is 0.902. The Morgan fingerprint density at radius 2 is 1.93 bits per heavy atom. The highest BCUT2D eigenvalue weighted by atomic mass is 35.5. The van der Waals surface area contributed by atoms with Crippen LogP contribution >= 0.6 is 11.6 Å². The Balaban J connectivity index is 1.48. The second kappa shape index (κ2) is 8.73. The first kappa shape index (κ1) is 19.0. The minimum Gasteiger partial charge on any atom is -0.472 e. The molecule has 0 unspecified atom stereocenters. The lowest BCUT2D eigenvalue weighted by molar-refractivity contribution is -0.131. The molecule has 0 aliphatic carbocycles. The topological polar surface area (TPSA) is 91.7 Å². The van der Waals surface area contributed by atoms with Crippen LogP contribution < -0.4 is 10.9 Å². The average molecular weight is 390 g/mol. The number of nitrogens with one attached hydrogen (secondary N) is 2. The highest BCUT2D eigenvalue weighted by Gasteiger charge is 2.29. The van der Waals surface area contributed by atoms with Gasteiger partial charge in [0.15, 0.2) is 0 Å². The number of amides is 3. The number of furan rings is 1. The SMILES string of the molecule is O=C(Cc1ccc(Cl)cc1)NNC(=O)[C@H]1CCCN(C(=O)c2ccoc2)C1. The van der Waals surface area contributed by atoms with Crippen LogP contribution in [0.3, 0.4) is 0 Å². The van der Waals surface area contributed by atoms with Gasteiger partial charge in [-0.3, -0.25) is 25.2 Å². The van der Waals surface area contributed by atoms with Crippen molar-refractivity contribution in [2.24, 2.45) is 5.92 Å². The first-order valence-corrected chi connectivity index (χ1v) is 9.05. The Labute approximate surface area is 161 Å². The van der Waals surface area contributed by atoms with Crippen molar-refractivity contribution in [2.75, 3.05) is 13.1 Å². The minimum absolute atomic E-state index is 0.132. The zero-order chi connectivity index (χ0) is 19.2. The van der Waals surface area contributed by atoms with Crippen LogP contribution in [0.4, 0.5) is 0 Å². The summed E-state index contributed by atoms with van der Waals surface area (Å²) in [7, 11) is 0. The van der Waals surface area contributed by atoms with E-state index in [1.54, 1.807) is 35.2 Å². The molecule has 3 rings (SSSR count). The molecule has 1 aromatic carbocycles. The molecule has 1 atom stereocenters. The lowest BCUT2D eigenvalue weighted by atomic mass is 9.97. The molecule has 3 amide bonds. The highest BCUT2D eigenvalue weighted by Crippen LogP contribution is 2.19. The molecule has 7 nitrogen and oxygen atoms in total. The molecule has 0 radical (unpaired) electrons. The number of likely N-dealkylation sites (tertiary alicyclic amines) is 1. The normalized spacial score (nSPS) is 16.6. The zero-order valence-electron chi connectivity index (χ0n) is 14.6. The Kier molecular flexibility index (Phi) is 6.13. The van der Waals surface area contributed by atoms with E-state index in [2.05, 4.69) is 10.9 Å².